The number of aliphatic carboxylic acids is 1. The van der Waals surface area contributed by atoms with Crippen molar-refractivity contribution in [1.29, 1.82) is 5.26 Å². The molecular weight excluding hydrogens is 698 g/mol. The third kappa shape index (κ3) is 9.55. The Balaban J connectivity index is 1.19. The number of morpholine rings is 1. The lowest BCUT2D eigenvalue weighted by Gasteiger charge is -2.26. The van der Waals surface area contributed by atoms with E-state index in [0.29, 0.717) is 35.7 Å². The summed E-state index contributed by atoms with van der Waals surface area (Å²) in [4.78, 5) is 25.4. The molecule has 0 spiro atoms. The maximum absolute atomic E-state index is 12.0. The fraction of sp³-hybridized carbons (Fsp3) is 0.400. The van der Waals surface area contributed by atoms with E-state index in [1.54, 1.807) is 18.2 Å². The van der Waals surface area contributed by atoms with E-state index in [0.717, 1.165) is 79.3 Å². The molecule has 3 heterocycles. The molecule has 1 aromatic heterocycles. The molecule has 0 radical (unpaired) electrons. The number of carboxylic acid groups (broad SMARTS) is 1. The molecule has 1 atom stereocenters. The largest absolute Gasteiger partial charge is 0.493 e. The van der Waals surface area contributed by atoms with Crippen LogP contribution in [0.5, 0.6) is 23.5 Å². The van der Waals surface area contributed by atoms with Gasteiger partial charge in [-0.15, -0.1) is 0 Å². The Kier molecular flexibility index (Phi) is 13.0. The van der Waals surface area contributed by atoms with Crippen LogP contribution >= 0.6 is 11.6 Å². The van der Waals surface area contributed by atoms with E-state index >= 15 is 0 Å². The Morgan fingerprint density at radius 1 is 1.00 bits per heavy atom. The lowest BCUT2D eigenvalue weighted by Crippen LogP contribution is -2.37. The first kappa shape index (κ1) is 37.8. The number of nitriles is 1. The summed E-state index contributed by atoms with van der Waals surface area (Å²) < 4.78 is 29.7. The van der Waals surface area contributed by atoms with E-state index in [1.807, 2.05) is 54.3 Å². The second-order valence-electron chi connectivity index (χ2n) is 13.0. The van der Waals surface area contributed by atoms with Gasteiger partial charge in [0.15, 0.2) is 0 Å². The van der Waals surface area contributed by atoms with Gasteiger partial charge in [0.05, 0.1) is 49.1 Å². The minimum atomic E-state index is -0.883. The molecule has 13 heteroatoms. The lowest BCUT2D eigenvalue weighted by atomic mass is 9.98. The maximum atomic E-state index is 12.0. The van der Waals surface area contributed by atoms with Crippen LogP contribution in [0.15, 0.2) is 60.7 Å². The maximum Gasteiger partial charge on any atom is 0.323 e. The van der Waals surface area contributed by atoms with Gasteiger partial charge in [0.2, 0.25) is 11.8 Å². The van der Waals surface area contributed by atoms with Crippen LogP contribution in [0.1, 0.15) is 47.1 Å². The predicted molar refractivity (Wildman–Crippen MR) is 198 cm³/mol. The van der Waals surface area contributed by atoms with Crippen LogP contribution in [-0.2, 0) is 29.3 Å². The van der Waals surface area contributed by atoms with Crippen molar-refractivity contribution in [1.82, 2.24) is 19.8 Å². The minimum absolute atomic E-state index is 0.00714. The standard InChI is InChI=1S/C40H44ClN5O7/c1-27-31(11-5-14-35(27)51-19-7-15-45-17-20-50-21-18-45)32-12-4-10-30(36(32)41)26-53-40-43-37(49-2)33(24-46-16-6-13-34(46)39(47)48)38(44-40)52-25-29-9-3-8-28(22-29)23-42/h3-5,8-12,14,22,34H,6-7,13,15-21,24-26H2,1-2H3,(H,47,48)/t34-/m0/s1. The molecule has 0 bridgehead atoms. The molecule has 0 saturated carbocycles. The normalized spacial score (nSPS) is 16.2. The highest BCUT2D eigenvalue weighted by molar-refractivity contribution is 6.34. The number of hydrogen-bond acceptors (Lipinski definition) is 11. The molecule has 2 aliphatic heterocycles. The Morgan fingerprint density at radius 3 is 2.57 bits per heavy atom. The van der Waals surface area contributed by atoms with Crippen molar-refractivity contribution >= 4 is 17.6 Å². The number of halogens is 1. The number of ether oxygens (including phenoxy) is 5. The van der Waals surface area contributed by atoms with E-state index in [4.69, 9.17) is 35.3 Å². The first-order valence-corrected chi connectivity index (χ1v) is 18.2. The molecule has 53 heavy (non-hydrogen) atoms. The highest BCUT2D eigenvalue weighted by Gasteiger charge is 2.33. The number of benzene rings is 3. The number of carbonyl (C=O) groups is 1. The Bertz CT molecular complexity index is 1930. The molecular formula is C40H44ClN5O7. The summed E-state index contributed by atoms with van der Waals surface area (Å²) in [5.41, 5.74) is 5.30. The molecule has 3 aromatic carbocycles. The monoisotopic (exact) mass is 741 g/mol. The van der Waals surface area contributed by atoms with Crippen molar-refractivity contribution in [2.75, 3.05) is 53.1 Å². The lowest BCUT2D eigenvalue weighted by molar-refractivity contribution is -0.142. The molecule has 0 unspecified atom stereocenters. The topological polar surface area (TPSA) is 140 Å². The fourth-order valence-corrected chi connectivity index (χ4v) is 6.98. The Labute approximate surface area is 314 Å². The molecule has 2 aliphatic rings. The van der Waals surface area contributed by atoms with Crippen LogP contribution in [0.25, 0.3) is 11.1 Å². The third-order valence-electron chi connectivity index (χ3n) is 9.54. The van der Waals surface area contributed by atoms with E-state index in [1.165, 1.54) is 7.11 Å². The summed E-state index contributed by atoms with van der Waals surface area (Å²) in [6, 6.07) is 20.4. The van der Waals surface area contributed by atoms with Crippen LogP contribution in [-0.4, -0.2) is 90.0 Å². The number of carboxylic acids is 1. The minimum Gasteiger partial charge on any atom is -0.493 e. The highest BCUT2D eigenvalue weighted by atomic mass is 35.5. The van der Waals surface area contributed by atoms with Crippen LogP contribution < -0.4 is 18.9 Å². The van der Waals surface area contributed by atoms with E-state index < -0.39 is 12.0 Å². The van der Waals surface area contributed by atoms with Crippen LogP contribution in [0.4, 0.5) is 0 Å². The molecule has 0 aliphatic carbocycles. The molecule has 6 rings (SSSR count). The van der Waals surface area contributed by atoms with Crippen molar-refractivity contribution in [3.8, 4) is 40.7 Å². The van der Waals surface area contributed by atoms with Gasteiger partial charge in [-0.1, -0.05) is 54.1 Å². The number of hydrogen-bond donors (Lipinski definition) is 1. The van der Waals surface area contributed by atoms with Crippen molar-refractivity contribution in [2.24, 2.45) is 0 Å². The number of likely N-dealkylation sites (tertiary alicyclic amines) is 1. The molecule has 278 valence electrons. The van der Waals surface area contributed by atoms with Gasteiger partial charge in [-0.25, -0.2) is 0 Å². The van der Waals surface area contributed by atoms with Crippen LogP contribution in [0.3, 0.4) is 0 Å². The van der Waals surface area contributed by atoms with E-state index in [9.17, 15) is 15.2 Å². The zero-order chi connectivity index (χ0) is 37.2. The second-order valence-corrected chi connectivity index (χ2v) is 13.4. The SMILES string of the molecule is COc1nc(OCc2cccc(-c3cccc(OCCCN4CCOCC4)c3C)c2Cl)nc(OCc2cccc(C#N)c2)c1CN1CCC[C@H]1C(=O)O. The van der Waals surface area contributed by atoms with Gasteiger partial charge in [0.25, 0.3) is 0 Å². The highest BCUT2D eigenvalue weighted by Crippen LogP contribution is 2.37. The molecule has 12 nitrogen and oxygen atoms in total. The quantitative estimate of drug-likeness (QED) is 0.129. The smallest absolute Gasteiger partial charge is 0.323 e. The average Bonchev–Trinajstić information content (AvgIpc) is 3.66. The summed E-state index contributed by atoms with van der Waals surface area (Å²) in [6.45, 7) is 8.07. The molecule has 2 fully saturated rings. The van der Waals surface area contributed by atoms with Gasteiger partial charge in [-0.3, -0.25) is 14.6 Å². The Morgan fingerprint density at radius 2 is 1.77 bits per heavy atom. The van der Waals surface area contributed by atoms with Crippen molar-refractivity contribution in [3.63, 3.8) is 0 Å². The average molecular weight is 742 g/mol. The number of nitrogens with zero attached hydrogens (tertiary/aromatic N) is 5. The fourth-order valence-electron chi connectivity index (χ4n) is 6.69. The number of methoxy groups -OCH3 is 1. The zero-order valence-electron chi connectivity index (χ0n) is 30.1. The first-order valence-electron chi connectivity index (χ1n) is 17.8. The summed E-state index contributed by atoms with van der Waals surface area (Å²) in [7, 11) is 1.49. The first-order chi connectivity index (χ1) is 25.8. The van der Waals surface area contributed by atoms with Crippen LogP contribution in [0, 0.1) is 18.3 Å². The number of rotatable bonds is 16. The molecule has 1 N–H and O–H groups in total. The Hall–Kier alpha value is -4.93. The number of aromatic nitrogens is 2. The third-order valence-corrected chi connectivity index (χ3v) is 9.98. The van der Waals surface area contributed by atoms with Gasteiger partial charge in [-0.2, -0.15) is 15.2 Å². The van der Waals surface area contributed by atoms with Gasteiger partial charge >= 0.3 is 12.0 Å². The molecule has 4 aromatic rings. The van der Waals surface area contributed by atoms with Crippen LogP contribution in [0.2, 0.25) is 5.02 Å². The van der Waals surface area contributed by atoms with Crippen molar-refractivity contribution < 1.29 is 33.6 Å². The summed E-state index contributed by atoms with van der Waals surface area (Å²) in [5.74, 6) is 0.343. The van der Waals surface area contributed by atoms with E-state index in [2.05, 4.69) is 20.9 Å². The summed E-state index contributed by atoms with van der Waals surface area (Å²) >= 11 is 7.04. The summed E-state index contributed by atoms with van der Waals surface area (Å²) in [5, 5.41) is 19.7. The van der Waals surface area contributed by atoms with Gasteiger partial charge in [-0.05, 0) is 67.6 Å². The van der Waals surface area contributed by atoms with E-state index in [-0.39, 0.29) is 37.5 Å². The predicted octanol–water partition coefficient (Wildman–Crippen LogP) is 6.29. The zero-order valence-corrected chi connectivity index (χ0v) is 30.8. The van der Waals surface area contributed by atoms with Gasteiger partial charge in [0.1, 0.15) is 25.0 Å². The second kappa shape index (κ2) is 18.2. The summed E-state index contributed by atoms with van der Waals surface area (Å²) in [6.07, 6.45) is 2.22. The van der Waals surface area contributed by atoms with Crippen molar-refractivity contribution in [3.05, 3.63) is 93.5 Å². The van der Waals surface area contributed by atoms with Gasteiger partial charge < -0.3 is 28.8 Å². The van der Waals surface area contributed by atoms with Gasteiger partial charge in [0, 0.05) is 37.3 Å². The molecule has 2 saturated heterocycles. The molecule has 0 amide bonds. The van der Waals surface area contributed by atoms with Crippen molar-refractivity contribution in [2.45, 2.75) is 52.0 Å².